The number of esters is 2. The molecule has 3 rings (SSSR count). The Kier molecular flexibility index (Phi) is 13.1. The predicted octanol–water partition coefficient (Wildman–Crippen LogP) is 5.88. The van der Waals surface area contributed by atoms with E-state index >= 15 is 0 Å². The normalized spacial score (nSPS) is 12.4. The SMILES string of the molecule is CC.COC(=O)C(N)CCN(C(=O)COC(C)=O)C(c1cc(-c2cc(F)ccc2F)cn1Cc1ccccc1)C(C)(C)C. The van der Waals surface area contributed by atoms with E-state index in [4.69, 9.17) is 15.2 Å². The molecule has 0 aliphatic rings. The quantitative estimate of drug-likeness (QED) is 0.276. The van der Waals surface area contributed by atoms with Crippen molar-refractivity contribution in [3.8, 4) is 11.1 Å². The molecule has 0 fully saturated rings. The molecule has 10 heteroatoms. The first-order valence-corrected chi connectivity index (χ1v) is 14.3. The van der Waals surface area contributed by atoms with Crippen molar-refractivity contribution in [3.05, 3.63) is 83.7 Å². The molecular weight excluding hydrogens is 556 g/mol. The Hall–Kier alpha value is -4.05. The number of aromatic nitrogens is 1. The molecule has 2 aromatic carbocycles. The van der Waals surface area contributed by atoms with Gasteiger partial charge in [-0.25, -0.2) is 8.78 Å². The molecule has 1 amide bonds. The summed E-state index contributed by atoms with van der Waals surface area (Å²) >= 11 is 0. The van der Waals surface area contributed by atoms with E-state index in [9.17, 15) is 23.2 Å². The maximum atomic E-state index is 14.9. The molecule has 2 unspecified atom stereocenters. The van der Waals surface area contributed by atoms with Gasteiger partial charge in [-0.3, -0.25) is 14.4 Å². The zero-order valence-electron chi connectivity index (χ0n) is 26.0. The fraction of sp³-hybridized carbons (Fsp3) is 0.424. The number of amides is 1. The van der Waals surface area contributed by atoms with Gasteiger partial charge in [0.25, 0.3) is 5.91 Å². The lowest BCUT2D eigenvalue weighted by Gasteiger charge is -2.41. The van der Waals surface area contributed by atoms with Crippen molar-refractivity contribution in [1.29, 1.82) is 0 Å². The Morgan fingerprint density at radius 3 is 2.26 bits per heavy atom. The molecule has 2 atom stereocenters. The Morgan fingerprint density at radius 1 is 1.02 bits per heavy atom. The van der Waals surface area contributed by atoms with Gasteiger partial charge in [0.15, 0.2) is 6.61 Å². The zero-order chi connectivity index (χ0) is 32.3. The van der Waals surface area contributed by atoms with E-state index in [0.717, 1.165) is 23.8 Å². The van der Waals surface area contributed by atoms with Crippen LogP contribution in [-0.2, 0) is 30.4 Å². The zero-order valence-corrected chi connectivity index (χ0v) is 26.0. The summed E-state index contributed by atoms with van der Waals surface area (Å²) in [6.07, 6.45) is 1.81. The lowest BCUT2D eigenvalue weighted by Crippen LogP contribution is -2.46. The molecule has 3 aromatic rings. The first-order valence-electron chi connectivity index (χ1n) is 14.3. The van der Waals surface area contributed by atoms with E-state index in [0.29, 0.717) is 17.8 Å². The third-order valence-electron chi connectivity index (χ3n) is 6.68. The van der Waals surface area contributed by atoms with Crippen molar-refractivity contribution in [2.75, 3.05) is 20.3 Å². The molecule has 2 N–H and O–H groups in total. The van der Waals surface area contributed by atoms with Crippen molar-refractivity contribution < 1.29 is 32.6 Å². The number of rotatable bonds is 11. The molecule has 43 heavy (non-hydrogen) atoms. The van der Waals surface area contributed by atoms with Crippen LogP contribution in [0.5, 0.6) is 0 Å². The number of benzene rings is 2. The Balaban J connectivity index is 0.00000316. The van der Waals surface area contributed by atoms with Crippen LogP contribution < -0.4 is 5.73 Å². The second-order valence-corrected chi connectivity index (χ2v) is 10.9. The number of nitrogens with zero attached hydrogens (tertiary/aromatic N) is 2. The number of carbonyl (C=O) groups is 3. The van der Waals surface area contributed by atoms with E-state index in [2.05, 4.69) is 0 Å². The van der Waals surface area contributed by atoms with Gasteiger partial charge in [0, 0.05) is 43.0 Å². The monoisotopic (exact) mass is 599 g/mol. The summed E-state index contributed by atoms with van der Waals surface area (Å²) in [5.74, 6) is -2.91. The van der Waals surface area contributed by atoms with Crippen molar-refractivity contribution >= 4 is 17.8 Å². The van der Waals surface area contributed by atoms with Crippen LogP contribution in [0, 0.1) is 17.0 Å². The van der Waals surface area contributed by atoms with Crippen molar-refractivity contribution in [1.82, 2.24) is 9.47 Å². The molecular formula is C33H43F2N3O5. The van der Waals surface area contributed by atoms with Gasteiger partial charge < -0.3 is 24.7 Å². The van der Waals surface area contributed by atoms with E-state index in [1.165, 1.54) is 18.9 Å². The first-order chi connectivity index (χ1) is 20.3. The number of hydrogen-bond acceptors (Lipinski definition) is 6. The minimum atomic E-state index is -0.988. The van der Waals surface area contributed by atoms with Crippen LogP contribution in [0.3, 0.4) is 0 Å². The van der Waals surface area contributed by atoms with E-state index in [-0.39, 0.29) is 18.5 Å². The summed E-state index contributed by atoms with van der Waals surface area (Å²) in [6.45, 7) is 10.9. The highest BCUT2D eigenvalue weighted by Crippen LogP contribution is 2.41. The molecule has 0 aliphatic carbocycles. The lowest BCUT2D eigenvalue weighted by molar-refractivity contribution is -0.153. The topological polar surface area (TPSA) is 104 Å². The minimum Gasteiger partial charge on any atom is -0.468 e. The Morgan fingerprint density at radius 2 is 1.67 bits per heavy atom. The number of methoxy groups -OCH3 is 1. The molecule has 0 radical (unpaired) electrons. The van der Waals surface area contributed by atoms with Crippen molar-refractivity contribution in [2.45, 2.75) is 66.6 Å². The highest BCUT2D eigenvalue weighted by molar-refractivity contribution is 5.81. The van der Waals surface area contributed by atoms with Crippen LogP contribution >= 0.6 is 0 Å². The van der Waals surface area contributed by atoms with Crippen LogP contribution in [0.1, 0.15) is 65.3 Å². The van der Waals surface area contributed by atoms with Crippen LogP contribution in [0.4, 0.5) is 8.78 Å². The summed E-state index contributed by atoms with van der Waals surface area (Å²) in [4.78, 5) is 38.7. The summed E-state index contributed by atoms with van der Waals surface area (Å²) in [5, 5.41) is 0. The fourth-order valence-corrected chi connectivity index (χ4v) is 4.80. The van der Waals surface area contributed by atoms with E-state index in [1.807, 2.05) is 69.5 Å². The molecule has 0 saturated carbocycles. The average Bonchev–Trinajstić information content (AvgIpc) is 3.37. The summed E-state index contributed by atoms with van der Waals surface area (Å²) in [7, 11) is 1.23. The molecule has 234 valence electrons. The van der Waals surface area contributed by atoms with Gasteiger partial charge in [-0.1, -0.05) is 65.0 Å². The molecule has 8 nitrogen and oxygen atoms in total. The Bertz CT molecular complexity index is 1370. The predicted molar refractivity (Wildman–Crippen MR) is 162 cm³/mol. The maximum Gasteiger partial charge on any atom is 0.322 e. The van der Waals surface area contributed by atoms with E-state index < -0.39 is 53.6 Å². The largest absolute Gasteiger partial charge is 0.468 e. The second-order valence-electron chi connectivity index (χ2n) is 10.9. The van der Waals surface area contributed by atoms with Gasteiger partial charge in [-0.15, -0.1) is 0 Å². The summed E-state index contributed by atoms with van der Waals surface area (Å²) in [6, 6.07) is 12.9. The van der Waals surface area contributed by atoms with Gasteiger partial charge in [-0.05, 0) is 41.7 Å². The fourth-order valence-electron chi connectivity index (χ4n) is 4.80. The first kappa shape index (κ1) is 35.1. The lowest BCUT2D eigenvalue weighted by atomic mass is 9.82. The molecule has 0 aliphatic heterocycles. The third-order valence-corrected chi connectivity index (χ3v) is 6.68. The molecule has 1 aromatic heterocycles. The second kappa shape index (κ2) is 16.0. The van der Waals surface area contributed by atoms with Crippen LogP contribution in [0.2, 0.25) is 0 Å². The Labute approximate surface area is 252 Å². The summed E-state index contributed by atoms with van der Waals surface area (Å²) in [5.41, 5.74) is 7.51. The van der Waals surface area contributed by atoms with Crippen LogP contribution in [-0.4, -0.2) is 53.6 Å². The number of halogens is 2. The van der Waals surface area contributed by atoms with Gasteiger partial charge in [0.05, 0.1) is 13.2 Å². The van der Waals surface area contributed by atoms with Gasteiger partial charge in [0.2, 0.25) is 0 Å². The maximum absolute atomic E-state index is 14.9. The molecule has 0 saturated heterocycles. The number of carbonyl (C=O) groups excluding carboxylic acids is 3. The smallest absolute Gasteiger partial charge is 0.322 e. The highest BCUT2D eigenvalue weighted by atomic mass is 19.1. The van der Waals surface area contributed by atoms with Crippen LogP contribution in [0.15, 0.2) is 60.8 Å². The van der Waals surface area contributed by atoms with Gasteiger partial charge in [0.1, 0.15) is 17.7 Å². The summed E-state index contributed by atoms with van der Waals surface area (Å²) < 4.78 is 40.8. The van der Waals surface area contributed by atoms with Crippen LogP contribution in [0.25, 0.3) is 11.1 Å². The van der Waals surface area contributed by atoms with Crippen molar-refractivity contribution in [2.24, 2.45) is 11.1 Å². The van der Waals surface area contributed by atoms with Crippen molar-refractivity contribution in [3.63, 3.8) is 0 Å². The minimum absolute atomic E-state index is 0.0402. The van der Waals surface area contributed by atoms with Gasteiger partial charge in [-0.2, -0.15) is 0 Å². The molecule has 1 heterocycles. The highest BCUT2D eigenvalue weighted by Gasteiger charge is 2.38. The number of nitrogens with two attached hydrogens (primary N) is 1. The molecule has 0 bridgehead atoms. The molecule has 0 spiro atoms. The standard InChI is InChI=1S/C31H37F2N3O5.C2H6/c1-20(37)41-19-28(38)36(14-13-26(34)30(39)40-5)29(31(2,3)4)27-15-22(24-16-23(32)11-12-25(24)33)18-35(27)17-21-9-7-6-8-10-21;1-2/h6-12,15-16,18,26,29H,13-14,17,19,34H2,1-5H3;1-2H3. The average molecular weight is 600 g/mol. The third kappa shape index (κ3) is 9.74. The van der Waals surface area contributed by atoms with E-state index in [1.54, 1.807) is 12.3 Å². The number of hydrogen-bond donors (Lipinski definition) is 1. The van der Waals surface area contributed by atoms with Gasteiger partial charge >= 0.3 is 11.9 Å². The number of ether oxygens (including phenoxy) is 2.